The molecule has 1 aliphatic rings. The van der Waals surface area contributed by atoms with Gasteiger partial charge in [0.1, 0.15) is 23.5 Å². The average molecular weight is 440 g/mol. The monoisotopic (exact) mass is 439 g/mol. The van der Waals surface area contributed by atoms with E-state index in [9.17, 15) is 4.79 Å². The molecule has 7 heteroatoms. The first-order valence-electron chi connectivity index (χ1n) is 11.2. The summed E-state index contributed by atoms with van der Waals surface area (Å²) in [7, 11) is 0. The van der Waals surface area contributed by atoms with E-state index in [-0.39, 0.29) is 11.9 Å². The van der Waals surface area contributed by atoms with Crippen LogP contribution in [0.4, 0.5) is 0 Å². The molecule has 7 nitrogen and oxygen atoms in total. The predicted octanol–water partition coefficient (Wildman–Crippen LogP) is 4.85. The Hall–Kier alpha value is -4.00. The van der Waals surface area contributed by atoms with Gasteiger partial charge in [0.15, 0.2) is 5.65 Å². The molecule has 33 heavy (non-hydrogen) atoms. The van der Waals surface area contributed by atoms with E-state index < -0.39 is 0 Å². The number of nitrogens with zero attached hydrogens (tertiary/aromatic N) is 5. The van der Waals surface area contributed by atoms with Gasteiger partial charge in [-0.1, -0.05) is 24.8 Å². The number of ether oxygens (including phenoxy) is 1. The van der Waals surface area contributed by atoms with Crippen LogP contribution in [0.2, 0.25) is 0 Å². The minimum absolute atomic E-state index is 0.0278. The van der Waals surface area contributed by atoms with Crippen LogP contribution in [0.1, 0.15) is 19.3 Å². The SMILES string of the molecule is C=CC(=O)N1CCCCC1Cn1nc(-c2ccc(Oc3ccccc3)cc2)c2cncnc21. The summed E-state index contributed by atoms with van der Waals surface area (Å²) in [6, 6.07) is 17.6. The van der Waals surface area contributed by atoms with Crippen molar-refractivity contribution in [3.8, 4) is 22.8 Å². The molecule has 1 atom stereocenters. The number of carbonyl (C=O) groups excluding carboxylic acids is 1. The van der Waals surface area contributed by atoms with E-state index in [4.69, 9.17) is 9.84 Å². The van der Waals surface area contributed by atoms with E-state index >= 15 is 0 Å². The molecular weight excluding hydrogens is 414 g/mol. The number of para-hydroxylation sites is 1. The molecule has 2 aromatic carbocycles. The van der Waals surface area contributed by atoms with E-state index in [0.717, 1.165) is 59.6 Å². The molecule has 166 valence electrons. The maximum atomic E-state index is 12.4. The molecule has 1 amide bonds. The van der Waals surface area contributed by atoms with Gasteiger partial charge in [-0.25, -0.2) is 14.6 Å². The highest BCUT2D eigenvalue weighted by Crippen LogP contribution is 2.30. The van der Waals surface area contributed by atoms with Crippen molar-refractivity contribution in [3.63, 3.8) is 0 Å². The third-order valence-electron chi connectivity index (χ3n) is 5.99. The fourth-order valence-electron chi connectivity index (χ4n) is 4.36. The van der Waals surface area contributed by atoms with Crippen LogP contribution in [0.5, 0.6) is 11.5 Å². The molecule has 0 radical (unpaired) electrons. The lowest BCUT2D eigenvalue weighted by Gasteiger charge is -2.35. The summed E-state index contributed by atoms with van der Waals surface area (Å²) in [4.78, 5) is 23.0. The van der Waals surface area contributed by atoms with E-state index in [0.29, 0.717) is 6.54 Å². The van der Waals surface area contributed by atoms with Crippen molar-refractivity contribution in [1.29, 1.82) is 0 Å². The second kappa shape index (κ2) is 9.24. The highest BCUT2D eigenvalue weighted by molar-refractivity contribution is 5.90. The summed E-state index contributed by atoms with van der Waals surface area (Å²) in [5.41, 5.74) is 2.53. The Labute approximate surface area is 192 Å². The second-order valence-electron chi connectivity index (χ2n) is 8.12. The number of hydrogen-bond acceptors (Lipinski definition) is 5. The summed E-state index contributed by atoms with van der Waals surface area (Å²) >= 11 is 0. The zero-order chi connectivity index (χ0) is 22.6. The maximum Gasteiger partial charge on any atom is 0.246 e. The standard InChI is InChI=1S/C26H25N5O2/c1-2-24(32)30-15-7-6-8-20(30)17-31-26-23(16-27-18-28-26)25(29-31)19-11-13-22(14-12-19)33-21-9-4-3-5-10-21/h2-5,9-14,16,18,20H,1,6-8,15,17H2. The molecule has 0 spiro atoms. The molecule has 0 N–H and O–H groups in total. The van der Waals surface area contributed by atoms with Gasteiger partial charge >= 0.3 is 0 Å². The number of likely N-dealkylation sites (tertiary alicyclic amines) is 1. The van der Waals surface area contributed by atoms with Crippen LogP contribution in [-0.2, 0) is 11.3 Å². The molecule has 3 heterocycles. The zero-order valence-electron chi connectivity index (χ0n) is 18.3. The zero-order valence-corrected chi connectivity index (χ0v) is 18.3. The second-order valence-corrected chi connectivity index (χ2v) is 8.12. The van der Waals surface area contributed by atoms with Crippen molar-refractivity contribution in [2.45, 2.75) is 31.8 Å². The number of carbonyl (C=O) groups is 1. The molecule has 1 unspecified atom stereocenters. The number of fused-ring (bicyclic) bond motifs is 1. The van der Waals surface area contributed by atoms with E-state index in [1.165, 1.54) is 12.4 Å². The molecule has 1 aliphatic heterocycles. The van der Waals surface area contributed by atoms with Crippen molar-refractivity contribution >= 4 is 16.9 Å². The highest BCUT2D eigenvalue weighted by Gasteiger charge is 2.27. The van der Waals surface area contributed by atoms with Gasteiger partial charge in [0.2, 0.25) is 5.91 Å². The topological polar surface area (TPSA) is 73.1 Å². The van der Waals surface area contributed by atoms with E-state index in [1.54, 1.807) is 6.20 Å². The first-order valence-corrected chi connectivity index (χ1v) is 11.2. The molecular formula is C26H25N5O2. The largest absolute Gasteiger partial charge is 0.457 e. The summed E-state index contributed by atoms with van der Waals surface area (Å²) in [5, 5.41) is 5.78. The van der Waals surface area contributed by atoms with Gasteiger partial charge in [0, 0.05) is 18.3 Å². The lowest BCUT2D eigenvalue weighted by Crippen LogP contribution is -2.45. The van der Waals surface area contributed by atoms with Gasteiger partial charge in [-0.15, -0.1) is 0 Å². The van der Waals surface area contributed by atoms with Crippen molar-refractivity contribution in [1.82, 2.24) is 24.6 Å². The first kappa shape index (κ1) is 20.9. The predicted molar refractivity (Wildman–Crippen MR) is 127 cm³/mol. The molecule has 1 fully saturated rings. The van der Waals surface area contributed by atoms with E-state index in [1.807, 2.05) is 64.2 Å². The molecule has 2 aromatic heterocycles. The van der Waals surface area contributed by atoms with Crippen molar-refractivity contribution in [2.24, 2.45) is 0 Å². The molecule has 0 saturated carbocycles. The summed E-state index contributed by atoms with van der Waals surface area (Å²) in [6.45, 7) is 4.99. The lowest BCUT2D eigenvalue weighted by atomic mass is 10.0. The maximum absolute atomic E-state index is 12.4. The minimum Gasteiger partial charge on any atom is -0.457 e. The highest BCUT2D eigenvalue weighted by atomic mass is 16.5. The lowest BCUT2D eigenvalue weighted by molar-refractivity contribution is -0.129. The summed E-state index contributed by atoms with van der Waals surface area (Å²) in [5.74, 6) is 1.52. The molecule has 4 aromatic rings. The third kappa shape index (κ3) is 4.35. The van der Waals surface area contributed by atoms with Crippen LogP contribution in [0.25, 0.3) is 22.3 Å². The average Bonchev–Trinajstić information content (AvgIpc) is 3.23. The van der Waals surface area contributed by atoms with Crippen molar-refractivity contribution in [3.05, 3.63) is 79.8 Å². The van der Waals surface area contributed by atoms with Gasteiger partial charge in [-0.05, 0) is 61.7 Å². The fourth-order valence-corrected chi connectivity index (χ4v) is 4.36. The van der Waals surface area contributed by atoms with Gasteiger partial charge < -0.3 is 9.64 Å². The van der Waals surface area contributed by atoms with Gasteiger partial charge in [0.05, 0.1) is 18.0 Å². The molecule has 0 aliphatic carbocycles. The number of hydrogen-bond donors (Lipinski definition) is 0. The molecule has 1 saturated heterocycles. The number of benzene rings is 2. The smallest absolute Gasteiger partial charge is 0.246 e. The number of amides is 1. The summed E-state index contributed by atoms with van der Waals surface area (Å²) < 4.78 is 7.81. The van der Waals surface area contributed by atoms with Crippen LogP contribution in [0.15, 0.2) is 79.8 Å². The number of aromatic nitrogens is 4. The fraction of sp³-hybridized carbons (Fsp3) is 0.231. The van der Waals surface area contributed by atoms with Gasteiger partial charge in [-0.2, -0.15) is 5.10 Å². The van der Waals surface area contributed by atoms with Crippen LogP contribution in [0, 0.1) is 0 Å². The van der Waals surface area contributed by atoms with Crippen molar-refractivity contribution < 1.29 is 9.53 Å². The van der Waals surface area contributed by atoms with E-state index in [2.05, 4.69) is 16.5 Å². The Morgan fingerprint density at radius 1 is 1.09 bits per heavy atom. The van der Waals surface area contributed by atoms with Crippen LogP contribution in [-0.4, -0.2) is 43.1 Å². The Morgan fingerprint density at radius 2 is 1.88 bits per heavy atom. The first-order chi connectivity index (χ1) is 16.2. The van der Waals surface area contributed by atoms with Crippen LogP contribution >= 0.6 is 0 Å². The number of piperidine rings is 1. The number of rotatable bonds is 6. The summed E-state index contributed by atoms with van der Waals surface area (Å²) in [6.07, 6.45) is 7.77. The minimum atomic E-state index is -0.0278. The normalized spacial score (nSPS) is 16.0. The van der Waals surface area contributed by atoms with Gasteiger partial charge in [0.25, 0.3) is 0 Å². The Bertz CT molecular complexity index is 1270. The van der Waals surface area contributed by atoms with Crippen molar-refractivity contribution in [2.75, 3.05) is 6.54 Å². The van der Waals surface area contributed by atoms with Crippen LogP contribution < -0.4 is 4.74 Å². The molecule has 0 bridgehead atoms. The van der Waals surface area contributed by atoms with Gasteiger partial charge in [-0.3, -0.25) is 4.79 Å². The Balaban J connectivity index is 1.44. The quantitative estimate of drug-likeness (QED) is 0.402. The Kier molecular flexibility index (Phi) is 5.85. The molecule has 5 rings (SSSR count). The third-order valence-corrected chi connectivity index (χ3v) is 5.99. The van der Waals surface area contributed by atoms with Crippen LogP contribution in [0.3, 0.4) is 0 Å². The Morgan fingerprint density at radius 3 is 2.67 bits per heavy atom.